The summed E-state index contributed by atoms with van der Waals surface area (Å²) in [6.07, 6.45) is 0.351. The van der Waals surface area contributed by atoms with Crippen molar-refractivity contribution in [2.24, 2.45) is 0 Å². The molecule has 0 bridgehead atoms. The molecular weight excluding hydrogens is 244 g/mol. The fourth-order valence-corrected chi connectivity index (χ4v) is 1.06. The topological polar surface area (TPSA) is 102 Å². The molecule has 0 saturated heterocycles. The van der Waals surface area contributed by atoms with Gasteiger partial charge < -0.3 is 24.4 Å². The lowest BCUT2D eigenvalue weighted by molar-refractivity contribution is -0.145. The third-order valence-corrected chi connectivity index (χ3v) is 1.87. The van der Waals surface area contributed by atoms with E-state index in [1.165, 1.54) is 0 Å². The molecule has 0 amide bonds. The molecule has 0 aromatic rings. The first-order chi connectivity index (χ1) is 8.66. The summed E-state index contributed by atoms with van der Waals surface area (Å²) in [6, 6.07) is 0. The predicted octanol–water partition coefficient (Wildman–Crippen LogP) is -0.190. The lowest BCUT2D eigenvalue weighted by atomic mass is 10.2. The highest BCUT2D eigenvalue weighted by Gasteiger charge is 2.04. The molecule has 2 N–H and O–H groups in total. The number of aliphatic hydroxyl groups excluding tert-OH is 1. The van der Waals surface area contributed by atoms with Crippen LogP contribution in [0.5, 0.6) is 0 Å². The van der Waals surface area contributed by atoms with Gasteiger partial charge in [-0.05, 0) is 6.42 Å². The van der Waals surface area contributed by atoms with E-state index >= 15 is 0 Å². The van der Waals surface area contributed by atoms with Crippen LogP contribution < -0.4 is 0 Å². The van der Waals surface area contributed by atoms with Crippen LogP contribution in [0, 0.1) is 0 Å². The Kier molecular flexibility index (Phi) is 11.5. The van der Waals surface area contributed by atoms with Crippen molar-refractivity contribution in [3.05, 3.63) is 0 Å². The first-order valence-corrected chi connectivity index (χ1v) is 5.80. The second-order valence-electron chi connectivity index (χ2n) is 3.42. The van der Waals surface area contributed by atoms with E-state index in [1.807, 2.05) is 0 Å². The number of hydrogen-bond acceptors (Lipinski definition) is 6. The molecule has 0 fully saturated rings. The van der Waals surface area contributed by atoms with Gasteiger partial charge in [-0.15, -0.1) is 0 Å². The first-order valence-electron chi connectivity index (χ1n) is 5.80. The van der Waals surface area contributed by atoms with Gasteiger partial charge in [0.05, 0.1) is 33.0 Å². The maximum atomic E-state index is 11.1. The molecule has 7 heteroatoms. The van der Waals surface area contributed by atoms with Gasteiger partial charge in [0.15, 0.2) is 0 Å². The third-order valence-electron chi connectivity index (χ3n) is 1.87. The fraction of sp³-hybridized carbons (Fsp3) is 0.818. The van der Waals surface area contributed by atoms with E-state index < -0.39 is 11.9 Å². The molecule has 0 heterocycles. The first kappa shape index (κ1) is 16.8. The van der Waals surface area contributed by atoms with Crippen molar-refractivity contribution < 1.29 is 34.0 Å². The largest absolute Gasteiger partial charge is 0.481 e. The monoisotopic (exact) mass is 264 g/mol. The number of rotatable bonds is 12. The van der Waals surface area contributed by atoms with Crippen LogP contribution in [0.2, 0.25) is 0 Å². The average molecular weight is 264 g/mol. The summed E-state index contributed by atoms with van der Waals surface area (Å²) in [5, 5.41) is 16.8. The Labute approximate surface area is 106 Å². The Morgan fingerprint density at radius 3 is 2.11 bits per heavy atom. The number of esters is 1. The lowest BCUT2D eigenvalue weighted by Gasteiger charge is -2.06. The molecule has 0 aromatic heterocycles. The maximum absolute atomic E-state index is 11.1. The maximum Gasteiger partial charge on any atom is 0.305 e. The summed E-state index contributed by atoms with van der Waals surface area (Å²) in [4.78, 5) is 21.3. The summed E-state index contributed by atoms with van der Waals surface area (Å²) in [6.45, 7) is 1.43. The lowest BCUT2D eigenvalue weighted by Crippen LogP contribution is -2.13. The van der Waals surface area contributed by atoms with Crippen molar-refractivity contribution in [1.82, 2.24) is 0 Å². The quantitative estimate of drug-likeness (QED) is 0.372. The molecule has 0 aliphatic heterocycles. The van der Waals surface area contributed by atoms with Gasteiger partial charge in [-0.3, -0.25) is 9.59 Å². The van der Waals surface area contributed by atoms with Crippen LogP contribution in [0.1, 0.15) is 19.3 Å². The van der Waals surface area contributed by atoms with Gasteiger partial charge in [0.25, 0.3) is 0 Å². The molecule has 0 unspecified atom stereocenters. The van der Waals surface area contributed by atoms with Gasteiger partial charge in [0.2, 0.25) is 0 Å². The molecule has 0 rings (SSSR count). The number of aliphatic carboxylic acids is 1. The number of aliphatic hydroxyl groups is 1. The van der Waals surface area contributed by atoms with Crippen molar-refractivity contribution in [2.45, 2.75) is 19.3 Å². The molecule has 0 aliphatic rings. The van der Waals surface area contributed by atoms with Crippen molar-refractivity contribution >= 4 is 11.9 Å². The zero-order valence-corrected chi connectivity index (χ0v) is 10.3. The minimum absolute atomic E-state index is 0.0199. The minimum atomic E-state index is -0.922. The van der Waals surface area contributed by atoms with Crippen LogP contribution in [-0.2, 0) is 23.8 Å². The van der Waals surface area contributed by atoms with Crippen LogP contribution in [0.3, 0.4) is 0 Å². The average Bonchev–Trinajstić information content (AvgIpc) is 2.32. The highest BCUT2D eigenvalue weighted by molar-refractivity contribution is 5.71. The van der Waals surface area contributed by atoms with E-state index in [4.69, 9.17) is 24.4 Å². The molecule has 7 nitrogen and oxygen atoms in total. The van der Waals surface area contributed by atoms with E-state index in [-0.39, 0.29) is 45.7 Å². The predicted molar refractivity (Wildman–Crippen MR) is 61.2 cm³/mol. The Hall–Kier alpha value is -1.18. The van der Waals surface area contributed by atoms with Crippen LogP contribution >= 0.6 is 0 Å². The number of carboxylic acid groups (broad SMARTS) is 1. The number of carboxylic acids is 1. The molecule has 0 saturated carbocycles. The van der Waals surface area contributed by atoms with Crippen molar-refractivity contribution in [1.29, 1.82) is 0 Å². The molecule has 0 radical (unpaired) electrons. The second-order valence-corrected chi connectivity index (χ2v) is 3.42. The Morgan fingerprint density at radius 2 is 1.50 bits per heavy atom. The van der Waals surface area contributed by atoms with Crippen LogP contribution in [0.15, 0.2) is 0 Å². The smallest absolute Gasteiger partial charge is 0.305 e. The van der Waals surface area contributed by atoms with Crippen LogP contribution in [0.4, 0.5) is 0 Å². The fourth-order valence-electron chi connectivity index (χ4n) is 1.06. The number of carbonyl (C=O) groups excluding carboxylic acids is 1. The van der Waals surface area contributed by atoms with Gasteiger partial charge in [-0.2, -0.15) is 0 Å². The zero-order valence-electron chi connectivity index (χ0n) is 10.3. The second kappa shape index (κ2) is 12.3. The van der Waals surface area contributed by atoms with Gasteiger partial charge in [-0.1, -0.05) is 0 Å². The summed E-state index contributed by atoms with van der Waals surface area (Å²) in [5.74, 6) is -1.34. The molecule has 0 spiro atoms. The van der Waals surface area contributed by atoms with Crippen molar-refractivity contribution in [3.63, 3.8) is 0 Å². The zero-order chi connectivity index (χ0) is 13.6. The SMILES string of the molecule is O=C(O)CCCC(=O)OCCOCCOCCO. The highest BCUT2D eigenvalue weighted by Crippen LogP contribution is 1.97. The van der Waals surface area contributed by atoms with E-state index in [2.05, 4.69) is 0 Å². The van der Waals surface area contributed by atoms with E-state index in [0.717, 1.165) is 0 Å². The van der Waals surface area contributed by atoms with Gasteiger partial charge >= 0.3 is 11.9 Å². The molecule has 0 aromatic carbocycles. The number of ether oxygens (including phenoxy) is 3. The van der Waals surface area contributed by atoms with Crippen molar-refractivity contribution in [3.8, 4) is 0 Å². The molecule has 0 atom stereocenters. The molecule has 18 heavy (non-hydrogen) atoms. The van der Waals surface area contributed by atoms with Gasteiger partial charge in [-0.25, -0.2) is 0 Å². The normalized spacial score (nSPS) is 10.3. The van der Waals surface area contributed by atoms with E-state index in [1.54, 1.807) is 0 Å². The standard InChI is InChI=1S/C11H20O7/c12-4-5-16-6-7-17-8-9-18-11(15)3-1-2-10(13)14/h12H,1-9H2,(H,13,14). The summed E-state index contributed by atoms with van der Waals surface area (Å²) in [7, 11) is 0. The number of hydrogen-bond donors (Lipinski definition) is 2. The van der Waals surface area contributed by atoms with Crippen LogP contribution in [0.25, 0.3) is 0 Å². The molecule has 106 valence electrons. The molecular formula is C11H20O7. The van der Waals surface area contributed by atoms with E-state index in [0.29, 0.717) is 13.2 Å². The summed E-state index contributed by atoms with van der Waals surface area (Å²) >= 11 is 0. The Balaban J connectivity index is 3.17. The van der Waals surface area contributed by atoms with Crippen LogP contribution in [-0.4, -0.2) is 61.8 Å². The molecule has 0 aliphatic carbocycles. The Morgan fingerprint density at radius 1 is 0.889 bits per heavy atom. The summed E-state index contributed by atoms with van der Waals surface area (Å²) in [5.41, 5.74) is 0. The van der Waals surface area contributed by atoms with Crippen molar-refractivity contribution in [2.75, 3.05) is 39.6 Å². The Bertz CT molecular complexity index is 229. The van der Waals surface area contributed by atoms with Gasteiger partial charge in [0, 0.05) is 12.8 Å². The van der Waals surface area contributed by atoms with Gasteiger partial charge in [0.1, 0.15) is 6.61 Å². The minimum Gasteiger partial charge on any atom is -0.481 e. The third kappa shape index (κ3) is 12.9. The number of carbonyl (C=O) groups is 2. The van der Waals surface area contributed by atoms with E-state index in [9.17, 15) is 9.59 Å². The summed E-state index contributed by atoms with van der Waals surface area (Å²) < 4.78 is 14.9. The highest BCUT2D eigenvalue weighted by atomic mass is 16.6.